The first-order chi connectivity index (χ1) is 13.4. The van der Waals surface area contributed by atoms with E-state index in [2.05, 4.69) is 15.5 Å². The van der Waals surface area contributed by atoms with E-state index in [4.69, 9.17) is 0 Å². The molecule has 0 saturated carbocycles. The molecule has 28 heavy (non-hydrogen) atoms. The lowest BCUT2D eigenvalue weighted by Crippen LogP contribution is -2.44. The van der Waals surface area contributed by atoms with E-state index in [0.717, 1.165) is 0 Å². The summed E-state index contributed by atoms with van der Waals surface area (Å²) in [7, 11) is 0. The second kappa shape index (κ2) is 8.52. The molecule has 1 aromatic carbocycles. The maximum absolute atomic E-state index is 13.9. The summed E-state index contributed by atoms with van der Waals surface area (Å²) in [5.41, 5.74) is 0.941. The minimum absolute atomic E-state index is 0.119. The molecule has 0 spiro atoms. The first-order valence-corrected chi connectivity index (χ1v) is 9.45. The third-order valence-corrected chi connectivity index (χ3v) is 4.97. The van der Waals surface area contributed by atoms with Gasteiger partial charge in [-0.25, -0.2) is 4.39 Å². The number of carbonyl (C=O) groups is 2. The molecule has 150 valence electrons. The van der Waals surface area contributed by atoms with Crippen molar-refractivity contribution in [2.45, 2.75) is 38.8 Å². The number of nitrogens with zero attached hydrogens (tertiary/aromatic N) is 2. The van der Waals surface area contributed by atoms with Crippen LogP contribution in [0.2, 0.25) is 0 Å². The number of aromatic amines is 1. The Labute approximate surface area is 162 Å². The molecule has 2 heterocycles. The van der Waals surface area contributed by atoms with Crippen molar-refractivity contribution in [1.29, 1.82) is 0 Å². The van der Waals surface area contributed by atoms with Gasteiger partial charge in [-0.2, -0.15) is 5.10 Å². The van der Waals surface area contributed by atoms with Gasteiger partial charge in [-0.3, -0.25) is 14.7 Å². The maximum Gasteiger partial charge on any atom is 0.271 e. The normalized spacial score (nSPS) is 20.1. The number of carbonyl (C=O) groups excluding carboxylic acids is 2. The molecule has 3 N–H and O–H groups in total. The quantitative estimate of drug-likeness (QED) is 0.746. The Morgan fingerprint density at radius 2 is 2.00 bits per heavy atom. The monoisotopic (exact) mass is 388 g/mol. The van der Waals surface area contributed by atoms with Crippen LogP contribution in [0.3, 0.4) is 0 Å². The van der Waals surface area contributed by atoms with E-state index in [1.165, 1.54) is 12.1 Å². The van der Waals surface area contributed by atoms with Crippen molar-refractivity contribution in [3.8, 4) is 11.3 Å². The number of aliphatic hydroxyl groups is 1. The largest absolute Gasteiger partial charge is 0.391 e. The Kier molecular flexibility index (Phi) is 6.08. The Morgan fingerprint density at radius 1 is 1.29 bits per heavy atom. The fraction of sp³-hybridized carbons (Fsp3) is 0.450. The van der Waals surface area contributed by atoms with Crippen molar-refractivity contribution < 1.29 is 19.1 Å². The van der Waals surface area contributed by atoms with Gasteiger partial charge in [0, 0.05) is 24.6 Å². The number of likely N-dealkylation sites (tertiary alicyclic amines) is 1. The van der Waals surface area contributed by atoms with E-state index in [9.17, 15) is 19.1 Å². The molecule has 8 heteroatoms. The van der Waals surface area contributed by atoms with Crippen molar-refractivity contribution in [3.05, 3.63) is 41.8 Å². The molecule has 7 nitrogen and oxygen atoms in total. The lowest BCUT2D eigenvalue weighted by Gasteiger charge is -2.22. The molecule has 1 saturated heterocycles. The summed E-state index contributed by atoms with van der Waals surface area (Å²) in [5.74, 6) is -0.963. The van der Waals surface area contributed by atoms with Gasteiger partial charge < -0.3 is 15.3 Å². The van der Waals surface area contributed by atoms with Crippen molar-refractivity contribution in [3.63, 3.8) is 0 Å². The lowest BCUT2D eigenvalue weighted by atomic mass is 10.1. The molecular weight excluding hydrogens is 363 g/mol. The number of rotatable bonds is 4. The number of nitrogens with one attached hydrogen (secondary N) is 2. The van der Waals surface area contributed by atoms with E-state index in [0.29, 0.717) is 37.2 Å². The van der Waals surface area contributed by atoms with Crippen LogP contribution >= 0.6 is 0 Å². The molecule has 2 atom stereocenters. The lowest BCUT2D eigenvalue weighted by molar-refractivity contribution is -0.125. The van der Waals surface area contributed by atoms with E-state index in [1.54, 1.807) is 36.9 Å². The molecule has 1 aliphatic rings. The molecule has 1 fully saturated rings. The van der Waals surface area contributed by atoms with Gasteiger partial charge in [0.1, 0.15) is 11.5 Å². The van der Waals surface area contributed by atoms with Crippen LogP contribution in [-0.2, 0) is 4.79 Å². The van der Waals surface area contributed by atoms with E-state index < -0.39 is 11.9 Å². The van der Waals surface area contributed by atoms with Crippen molar-refractivity contribution in [2.75, 3.05) is 13.1 Å². The van der Waals surface area contributed by atoms with E-state index in [1.807, 2.05) is 0 Å². The first kappa shape index (κ1) is 20.0. The van der Waals surface area contributed by atoms with Crippen LogP contribution in [0.4, 0.5) is 4.39 Å². The maximum atomic E-state index is 13.9. The molecule has 0 aliphatic carbocycles. The van der Waals surface area contributed by atoms with Crippen LogP contribution in [0.5, 0.6) is 0 Å². The number of benzene rings is 1. The molecule has 0 bridgehead atoms. The fourth-order valence-electron chi connectivity index (χ4n) is 3.22. The van der Waals surface area contributed by atoms with Gasteiger partial charge in [0.25, 0.3) is 5.91 Å². The zero-order chi connectivity index (χ0) is 20.3. The fourth-order valence-corrected chi connectivity index (χ4v) is 3.22. The Hall–Kier alpha value is -2.74. The zero-order valence-electron chi connectivity index (χ0n) is 16.0. The SMILES string of the molecule is CC(C)C(=O)N[C@H]1CCN(C(=O)c2cc(-c3ccccc3F)n[nH]2)CC[C@@H]1O. The summed E-state index contributed by atoms with van der Waals surface area (Å²) >= 11 is 0. The highest BCUT2D eigenvalue weighted by atomic mass is 19.1. The van der Waals surface area contributed by atoms with Gasteiger partial charge in [-0.05, 0) is 31.0 Å². The standard InChI is InChI=1S/C20H25FN4O3/c1-12(2)19(27)22-15-7-9-25(10-8-18(15)26)20(28)17-11-16(23-24-17)13-5-3-4-6-14(13)21/h3-6,11-12,15,18,26H,7-10H2,1-2H3,(H,22,27)(H,23,24)/t15-,18-/m0/s1. The van der Waals surface area contributed by atoms with Gasteiger partial charge in [-0.1, -0.05) is 26.0 Å². The summed E-state index contributed by atoms with van der Waals surface area (Å²) in [4.78, 5) is 26.4. The highest BCUT2D eigenvalue weighted by molar-refractivity contribution is 5.93. The first-order valence-electron chi connectivity index (χ1n) is 9.45. The van der Waals surface area contributed by atoms with Gasteiger partial charge in [0.2, 0.25) is 5.91 Å². The zero-order valence-corrected chi connectivity index (χ0v) is 16.0. The van der Waals surface area contributed by atoms with Crippen molar-refractivity contribution >= 4 is 11.8 Å². The number of hydrogen-bond acceptors (Lipinski definition) is 4. The molecular formula is C20H25FN4O3. The number of H-pyrrole nitrogens is 1. The molecule has 1 aromatic heterocycles. The number of aromatic nitrogens is 2. The predicted octanol–water partition coefficient (Wildman–Crippen LogP) is 1.95. The summed E-state index contributed by atoms with van der Waals surface area (Å²) < 4.78 is 13.9. The second-order valence-electron chi connectivity index (χ2n) is 7.35. The van der Waals surface area contributed by atoms with Crippen LogP contribution < -0.4 is 5.32 Å². The van der Waals surface area contributed by atoms with Gasteiger partial charge >= 0.3 is 0 Å². The van der Waals surface area contributed by atoms with Crippen LogP contribution in [-0.4, -0.2) is 57.3 Å². The van der Waals surface area contributed by atoms with Gasteiger partial charge in [-0.15, -0.1) is 0 Å². The average Bonchev–Trinajstić information content (AvgIpc) is 3.08. The Balaban J connectivity index is 1.68. The molecule has 0 unspecified atom stereocenters. The van der Waals surface area contributed by atoms with Gasteiger partial charge in [0.15, 0.2) is 0 Å². The van der Waals surface area contributed by atoms with Crippen LogP contribution in [0.25, 0.3) is 11.3 Å². The Bertz CT molecular complexity index is 851. The Morgan fingerprint density at radius 3 is 2.71 bits per heavy atom. The molecule has 0 radical (unpaired) electrons. The van der Waals surface area contributed by atoms with Crippen LogP contribution in [0, 0.1) is 11.7 Å². The summed E-state index contributed by atoms with van der Waals surface area (Å²) in [5, 5.41) is 19.9. The minimum atomic E-state index is -0.712. The topological polar surface area (TPSA) is 98.3 Å². The van der Waals surface area contributed by atoms with E-state index in [-0.39, 0.29) is 29.5 Å². The van der Waals surface area contributed by atoms with Crippen molar-refractivity contribution in [1.82, 2.24) is 20.4 Å². The second-order valence-corrected chi connectivity index (χ2v) is 7.35. The summed E-state index contributed by atoms with van der Waals surface area (Å²) in [6.45, 7) is 4.34. The van der Waals surface area contributed by atoms with Crippen molar-refractivity contribution in [2.24, 2.45) is 5.92 Å². The summed E-state index contributed by atoms with van der Waals surface area (Å²) in [6.07, 6.45) is 0.110. The minimum Gasteiger partial charge on any atom is -0.391 e. The molecule has 2 amide bonds. The average molecular weight is 388 g/mol. The van der Waals surface area contributed by atoms with Crippen LogP contribution in [0.1, 0.15) is 37.2 Å². The highest BCUT2D eigenvalue weighted by Crippen LogP contribution is 2.22. The number of halogens is 1. The third kappa shape index (κ3) is 4.39. The molecule has 3 rings (SSSR count). The molecule has 2 aromatic rings. The number of hydrogen-bond donors (Lipinski definition) is 3. The predicted molar refractivity (Wildman–Crippen MR) is 102 cm³/mol. The smallest absolute Gasteiger partial charge is 0.271 e. The number of amides is 2. The summed E-state index contributed by atoms with van der Waals surface area (Å²) in [6, 6.07) is 7.38. The highest BCUT2D eigenvalue weighted by Gasteiger charge is 2.29. The van der Waals surface area contributed by atoms with Crippen LogP contribution in [0.15, 0.2) is 30.3 Å². The van der Waals surface area contributed by atoms with Gasteiger partial charge in [0.05, 0.1) is 17.8 Å². The third-order valence-electron chi connectivity index (χ3n) is 4.97. The molecule has 1 aliphatic heterocycles. The van der Waals surface area contributed by atoms with E-state index >= 15 is 0 Å². The number of aliphatic hydroxyl groups excluding tert-OH is 1.